The largest absolute Gasteiger partial charge is 0.336 e. The molecule has 0 bridgehead atoms. The zero-order chi connectivity index (χ0) is 24.9. The van der Waals surface area contributed by atoms with E-state index in [0.29, 0.717) is 25.7 Å². The Labute approximate surface area is 198 Å². The summed E-state index contributed by atoms with van der Waals surface area (Å²) in [6.45, 7) is 7.01. The highest BCUT2D eigenvalue weighted by atomic mass is 32.2. The molecule has 0 aliphatic heterocycles. The first-order valence-corrected chi connectivity index (χ1v) is 13.4. The van der Waals surface area contributed by atoms with Crippen molar-refractivity contribution in [1.82, 2.24) is 14.9 Å². The van der Waals surface area contributed by atoms with E-state index in [4.69, 9.17) is 0 Å². The number of amides is 3. The molecule has 186 valence electrons. The molecule has 2 aliphatic carbocycles. The molecular weight excluding hydrogens is 442 g/mol. The summed E-state index contributed by atoms with van der Waals surface area (Å²) in [4.78, 5) is 39.8. The fraction of sp³-hybridized carbons (Fsp3) is 0.708. The molecule has 3 amide bonds. The minimum Gasteiger partial charge on any atom is -0.336 e. The summed E-state index contributed by atoms with van der Waals surface area (Å²) in [6.07, 6.45) is 13.3. The molecule has 0 spiro atoms. The van der Waals surface area contributed by atoms with E-state index in [-0.39, 0.29) is 5.91 Å². The maximum Gasteiger partial charge on any atom is 0.264 e. The second-order valence-electron chi connectivity index (χ2n) is 9.49. The van der Waals surface area contributed by atoms with Gasteiger partial charge < -0.3 is 10.2 Å². The van der Waals surface area contributed by atoms with E-state index in [1.54, 1.807) is 26.1 Å². The number of likely N-dealkylation sites (N-methyl/N-ethyl adjacent to an activating group) is 1. The minimum atomic E-state index is -3.87. The lowest BCUT2D eigenvalue weighted by Crippen LogP contribution is -2.67. The van der Waals surface area contributed by atoms with Gasteiger partial charge >= 0.3 is 0 Å². The number of hydrogen-bond donors (Lipinski definition) is 2. The third-order valence-electron chi connectivity index (χ3n) is 6.77. The Morgan fingerprint density at radius 3 is 2.33 bits per heavy atom. The summed E-state index contributed by atoms with van der Waals surface area (Å²) in [6, 6.07) is -0.752. The number of rotatable bonds is 13. The molecule has 0 heterocycles. The maximum absolute atomic E-state index is 13.3. The normalized spacial score (nSPS) is 24.1. The molecule has 0 aromatic heterocycles. The average molecular weight is 482 g/mol. The van der Waals surface area contributed by atoms with Crippen LogP contribution in [0.1, 0.15) is 79.1 Å². The van der Waals surface area contributed by atoms with E-state index in [2.05, 4.69) is 17.0 Å². The molecule has 0 aromatic rings. The highest BCUT2D eigenvalue weighted by molar-refractivity contribution is 7.91. The zero-order valence-corrected chi connectivity index (χ0v) is 21.3. The van der Waals surface area contributed by atoms with Gasteiger partial charge in [0.15, 0.2) is 0 Å². The van der Waals surface area contributed by atoms with Crippen molar-refractivity contribution in [2.45, 2.75) is 95.4 Å². The number of nitrogens with one attached hydrogen (secondary N) is 2. The predicted octanol–water partition coefficient (Wildman–Crippen LogP) is 2.81. The fourth-order valence-corrected chi connectivity index (χ4v) is 5.13. The lowest BCUT2D eigenvalue weighted by atomic mass is 9.73. The topological polar surface area (TPSA) is 113 Å². The van der Waals surface area contributed by atoms with Gasteiger partial charge in [-0.2, -0.15) is 0 Å². The Morgan fingerprint density at radius 2 is 1.85 bits per heavy atom. The Morgan fingerprint density at radius 1 is 1.18 bits per heavy atom. The van der Waals surface area contributed by atoms with E-state index in [0.717, 1.165) is 25.7 Å². The number of unbranched alkanes of at least 4 members (excludes halogenated alkanes) is 3. The molecule has 0 radical (unpaired) electrons. The van der Waals surface area contributed by atoms with Crippen LogP contribution in [0.3, 0.4) is 0 Å². The van der Waals surface area contributed by atoms with Gasteiger partial charge in [-0.3, -0.25) is 19.1 Å². The molecule has 3 unspecified atom stereocenters. The molecule has 2 aliphatic rings. The van der Waals surface area contributed by atoms with E-state index in [1.165, 1.54) is 11.8 Å². The quantitative estimate of drug-likeness (QED) is 0.310. The SMILES string of the molecule is CCCCCC=CC1C=CC1(NC(=O)C(CCC)N(C)C(C)=O)C(=O)NS(=O)(=O)C1(C)CC1. The molecule has 2 rings (SSSR count). The second kappa shape index (κ2) is 10.8. The molecule has 0 aromatic carbocycles. The first kappa shape index (κ1) is 27.1. The van der Waals surface area contributed by atoms with Crippen LogP contribution in [0, 0.1) is 5.92 Å². The van der Waals surface area contributed by atoms with Crippen LogP contribution < -0.4 is 10.0 Å². The van der Waals surface area contributed by atoms with Crippen molar-refractivity contribution in [3.8, 4) is 0 Å². The molecular formula is C24H39N3O5S. The lowest BCUT2D eigenvalue weighted by molar-refractivity contribution is -0.140. The van der Waals surface area contributed by atoms with Crippen LogP contribution in [0.15, 0.2) is 24.3 Å². The van der Waals surface area contributed by atoms with Crippen molar-refractivity contribution in [3.63, 3.8) is 0 Å². The van der Waals surface area contributed by atoms with E-state index in [1.807, 2.05) is 19.1 Å². The van der Waals surface area contributed by atoms with Crippen molar-refractivity contribution >= 4 is 27.7 Å². The number of hydrogen-bond acceptors (Lipinski definition) is 5. The van der Waals surface area contributed by atoms with Crippen LogP contribution in [-0.4, -0.2) is 54.4 Å². The smallest absolute Gasteiger partial charge is 0.264 e. The van der Waals surface area contributed by atoms with Gasteiger partial charge in [0, 0.05) is 19.9 Å². The summed E-state index contributed by atoms with van der Waals surface area (Å²) in [5.74, 6) is -1.98. The highest BCUT2D eigenvalue weighted by Crippen LogP contribution is 2.43. The van der Waals surface area contributed by atoms with E-state index in [9.17, 15) is 22.8 Å². The minimum absolute atomic E-state index is 0.261. The molecule has 1 saturated carbocycles. The molecule has 2 N–H and O–H groups in total. The van der Waals surface area contributed by atoms with Crippen LogP contribution in [0.2, 0.25) is 0 Å². The molecule has 0 saturated heterocycles. The van der Waals surface area contributed by atoms with Crippen molar-refractivity contribution in [2.24, 2.45) is 5.92 Å². The van der Waals surface area contributed by atoms with Gasteiger partial charge in [0.2, 0.25) is 21.8 Å². The molecule has 8 nitrogen and oxygen atoms in total. The number of carbonyl (C=O) groups excluding carboxylic acids is 3. The maximum atomic E-state index is 13.3. The molecule has 3 atom stereocenters. The standard InChI is InChI=1S/C24H39N3O5S/c1-6-8-9-10-11-13-19-14-15-24(19,22(30)26-33(31,32)23(4)16-17-23)25-21(29)20(12-7-2)27(5)18(3)28/h11,13-15,19-20H,6-10,12,16-17H2,1-5H3,(H,25,29)(H,26,30). The van der Waals surface area contributed by atoms with Gasteiger partial charge in [0.05, 0.1) is 4.75 Å². The van der Waals surface area contributed by atoms with Crippen LogP contribution >= 0.6 is 0 Å². The van der Waals surface area contributed by atoms with Gasteiger partial charge in [0.25, 0.3) is 5.91 Å². The van der Waals surface area contributed by atoms with Gasteiger partial charge in [-0.1, -0.05) is 57.4 Å². The number of sulfonamides is 1. The third kappa shape index (κ3) is 6.05. The lowest BCUT2D eigenvalue weighted by Gasteiger charge is -2.42. The summed E-state index contributed by atoms with van der Waals surface area (Å²) >= 11 is 0. The van der Waals surface area contributed by atoms with Gasteiger partial charge in [-0.05, 0) is 39.0 Å². The Balaban J connectivity index is 2.29. The number of nitrogens with zero attached hydrogens (tertiary/aromatic N) is 1. The molecule has 33 heavy (non-hydrogen) atoms. The fourth-order valence-electron chi connectivity index (χ4n) is 3.83. The van der Waals surface area contributed by atoms with Crippen molar-refractivity contribution in [1.29, 1.82) is 0 Å². The first-order chi connectivity index (χ1) is 15.4. The van der Waals surface area contributed by atoms with Crippen LogP contribution in [0.25, 0.3) is 0 Å². The summed E-state index contributed by atoms with van der Waals surface area (Å²) in [5.41, 5.74) is -1.51. The van der Waals surface area contributed by atoms with Crippen molar-refractivity contribution in [3.05, 3.63) is 24.3 Å². The Hall–Kier alpha value is -2.16. The van der Waals surface area contributed by atoms with Gasteiger partial charge in [-0.15, -0.1) is 0 Å². The molecule has 9 heteroatoms. The van der Waals surface area contributed by atoms with Crippen molar-refractivity contribution < 1.29 is 22.8 Å². The average Bonchev–Trinajstić information content (AvgIpc) is 3.50. The van der Waals surface area contributed by atoms with Crippen LogP contribution in [0.4, 0.5) is 0 Å². The third-order valence-corrected chi connectivity index (χ3v) is 8.93. The van der Waals surface area contributed by atoms with Gasteiger partial charge in [0.1, 0.15) is 11.6 Å². The second-order valence-corrected chi connectivity index (χ2v) is 11.7. The Kier molecular flexibility index (Phi) is 8.90. The zero-order valence-electron chi connectivity index (χ0n) is 20.5. The van der Waals surface area contributed by atoms with E-state index < -0.39 is 44.1 Å². The number of allylic oxidation sites excluding steroid dienone is 1. The monoisotopic (exact) mass is 481 g/mol. The van der Waals surface area contributed by atoms with Crippen LogP contribution in [0.5, 0.6) is 0 Å². The number of carbonyl (C=O) groups is 3. The van der Waals surface area contributed by atoms with Crippen molar-refractivity contribution in [2.75, 3.05) is 7.05 Å². The van der Waals surface area contributed by atoms with Crippen LogP contribution in [-0.2, 0) is 24.4 Å². The highest BCUT2D eigenvalue weighted by Gasteiger charge is 2.55. The summed E-state index contributed by atoms with van der Waals surface area (Å²) < 4.78 is 26.7. The molecule has 1 fully saturated rings. The predicted molar refractivity (Wildman–Crippen MR) is 129 cm³/mol. The summed E-state index contributed by atoms with van der Waals surface area (Å²) in [7, 11) is -2.32. The van der Waals surface area contributed by atoms with Gasteiger partial charge in [-0.25, -0.2) is 8.42 Å². The van der Waals surface area contributed by atoms with E-state index >= 15 is 0 Å². The Bertz CT molecular complexity index is 907. The first-order valence-electron chi connectivity index (χ1n) is 11.9. The summed E-state index contributed by atoms with van der Waals surface area (Å²) in [5, 5.41) is 2.80.